The van der Waals surface area contributed by atoms with Crippen molar-refractivity contribution in [2.75, 3.05) is 11.9 Å². The van der Waals surface area contributed by atoms with Gasteiger partial charge in [-0.25, -0.2) is 4.79 Å². The van der Waals surface area contributed by atoms with Gasteiger partial charge in [0.15, 0.2) is 0 Å². The van der Waals surface area contributed by atoms with Crippen LogP contribution in [-0.2, 0) is 19.3 Å². The Kier molecular flexibility index (Phi) is 4.11. The normalized spacial score (nSPS) is 18.8. The highest BCUT2D eigenvalue weighted by molar-refractivity contribution is 5.90. The molecule has 0 spiro atoms. The van der Waals surface area contributed by atoms with Gasteiger partial charge in [-0.3, -0.25) is 0 Å². The summed E-state index contributed by atoms with van der Waals surface area (Å²) in [6.45, 7) is 0.511. The van der Waals surface area contributed by atoms with Crippen molar-refractivity contribution in [3.8, 4) is 5.75 Å². The molecule has 2 aromatic rings. The lowest BCUT2D eigenvalue weighted by Gasteiger charge is -2.26. The van der Waals surface area contributed by atoms with Crippen molar-refractivity contribution >= 4 is 11.7 Å². The Morgan fingerprint density at radius 1 is 1.00 bits per heavy atom. The Hall–Kier alpha value is -2.49. The molecular formula is C20H22N2O2. The van der Waals surface area contributed by atoms with E-state index in [0.717, 1.165) is 36.3 Å². The van der Waals surface area contributed by atoms with E-state index in [2.05, 4.69) is 22.8 Å². The van der Waals surface area contributed by atoms with Crippen LogP contribution in [-0.4, -0.2) is 18.7 Å². The lowest BCUT2D eigenvalue weighted by molar-refractivity contribution is 0.222. The van der Waals surface area contributed by atoms with E-state index in [4.69, 9.17) is 4.74 Å². The Morgan fingerprint density at radius 3 is 2.79 bits per heavy atom. The quantitative estimate of drug-likeness (QED) is 0.886. The number of rotatable bonds is 2. The first-order valence-corrected chi connectivity index (χ1v) is 8.68. The molecule has 0 radical (unpaired) electrons. The molecule has 4 nitrogen and oxygen atoms in total. The number of hydrogen-bond acceptors (Lipinski definition) is 2. The molecule has 0 bridgehead atoms. The molecular weight excluding hydrogens is 300 g/mol. The molecule has 2 amide bonds. The third-order valence-electron chi connectivity index (χ3n) is 4.86. The van der Waals surface area contributed by atoms with Crippen LogP contribution < -0.4 is 15.4 Å². The van der Waals surface area contributed by atoms with Gasteiger partial charge in [-0.15, -0.1) is 0 Å². The number of urea groups is 1. The highest BCUT2D eigenvalue weighted by Gasteiger charge is 2.21. The molecule has 4 heteroatoms. The SMILES string of the molecule is O=C(Nc1cccc2c1CCCC2)N[C@H]1COc2ccccc2C1. The average Bonchev–Trinajstić information content (AvgIpc) is 2.62. The number of anilines is 1. The molecule has 1 heterocycles. The maximum absolute atomic E-state index is 12.4. The summed E-state index contributed by atoms with van der Waals surface area (Å²) in [7, 11) is 0. The monoisotopic (exact) mass is 322 g/mol. The molecule has 2 aliphatic rings. The second kappa shape index (κ2) is 6.56. The van der Waals surface area contributed by atoms with Crippen molar-refractivity contribution < 1.29 is 9.53 Å². The number of carbonyl (C=O) groups is 1. The number of nitrogens with one attached hydrogen (secondary N) is 2. The Balaban J connectivity index is 1.41. The van der Waals surface area contributed by atoms with Crippen LogP contribution in [0.2, 0.25) is 0 Å². The summed E-state index contributed by atoms with van der Waals surface area (Å²) in [5.74, 6) is 0.924. The van der Waals surface area contributed by atoms with Crippen LogP contribution in [0.25, 0.3) is 0 Å². The van der Waals surface area contributed by atoms with Gasteiger partial charge >= 0.3 is 6.03 Å². The maximum Gasteiger partial charge on any atom is 0.319 e. The second-order valence-corrected chi connectivity index (χ2v) is 6.57. The predicted molar refractivity (Wildman–Crippen MR) is 94.7 cm³/mol. The van der Waals surface area contributed by atoms with E-state index in [1.807, 2.05) is 30.3 Å². The second-order valence-electron chi connectivity index (χ2n) is 6.57. The molecule has 0 saturated carbocycles. The fourth-order valence-electron chi connectivity index (χ4n) is 3.66. The van der Waals surface area contributed by atoms with Gasteiger partial charge in [-0.2, -0.15) is 0 Å². The standard InChI is InChI=1S/C20H22N2O2/c23-20(21-16-12-15-7-2-4-11-19(15)24-13-16)22-18-10-5-8-14-6-1-3-9-17(14)18/h2,4-5,7-8,10-11,16H,1,3,6,9,12-13H2,(H2,21,22,23)/t16-/m1/s1. The highest BCUT2D eigenvalue weighted by Crippen LogP contribution is 2.28. The van der Waals surface area contributed by atoms with Crippen molar-refractivity contribution in [1.82, 2.24) is 5.32 Å². The summed E-state index contributed by atoms with van der Waals surface area (Å²) in [6.07, 6.45) is 5.39. The van der Waals surface area contributed by atoms with Crippen molar-refractivity contribution in [3.63, 3.8) is 0 Å². The van der Waals surface area contributed by atoms with Crippen LogP contribution in [0.15, 0.2) is 42.5 Å². The van der Waals surface area contributed by atoms with Crippen molar-refractivity contribution in [2.45, 2.75) is 38.1 Å². The van der Waals surface area contributed by atoms with Crippen LogP contribution in [0.4, 0.5) is 10.5 Å². The smallest absolute Gasteiger partial charge is 0.319 e. The van der Waals surface area contributed by atoms with Gasteiger partial charge in [0, 0.05) is 5.69 Å². The molecule has 1 aliphatic carbocycles. The van der Waals surface area contributed by atoms with Gasteiger partial charge in [0.1, 0.15) is 12.4 Å². The zero-order valence-electron chi connectivity index (χ0n) is 13.7. The van der Waals surface area contributed by atoms with Gasteiger partial charge in [0.05, 0.1) is 6.04 Å². The van der Waals surface area contributed by atoms with Crippen LogP contribution in [0, 0.1) is 0 Å². The number of para-hydroxylation sites is 1. The molecule has 0 saturated heterocycles. The third-order valence-corrected chi connectivity index (χ3v) is 4.86. The van der Waals surface area contributed by atoms with Crippen molar-refractivity contribution in [1.29, 1.82) is 0 Å². The first-order chi connectivity index (χ1) is 11.8. The van der Waals surface area contributed by atoms with Gasteiger partial charge in [0.2, 0.25) is 0 Å². The third kappa shape index (κ3) is 3.09. The van der Waals surface area contributed by atoms with Gasteiger partial charge in [-0.05, 0) is 60.9 Å². The Labute approximate surface area is 142 Å². The highest BCUT2D eigenvalue weighted by atomic mass is 16.5. The first-order valence-electron chi connectivity index (χ1n) is 8.68. The minimum Gasteiger partial charge on any atom is -0.491 e. The van der Waals surface area contributed by atoms with E-state index in [-0.39, 0.29) is 12.1 Å². The number of benzene rings is 2. The van der Waals surface area contributed by atoms with Crippen LogP contribution in [0.1, 0.15) is 29.5 Å². The molecule has 1 atom stereocenters. The topological polar surface area (TPSA) is 50.4 Å². The van der Waals surface area contributed by atoms with E-state index in [1.165, 1.54) is 24.0 Å². The van der Waals surface area contributed by atoms with Crippen molar-refractivity contribution in [2.24, 2.45) is 0 Å². The van der Waals surface area contributed by atoms with Crippen LogP contribution >= 0.6 is 0 Å². The summed E-state index contributed by atoms with van der Waals surface area (Å²) in [5.41, 5.74) is 4.76. The van der Waals surface area contributed by atoms with Crippen LogP contribution in [0.3, 0.4) is 0 Å². The van der Waals surface area contributed by atoms with E-state index in [1.54, 1.807) is 0 Å². The zero-order chi connectivity index (χ0) is 16.4. The summed E-state index contributed by atoms with van der Waals surface area (Å²) in [4.78, 5) is 12.4. The van der Waals surface area contributed by atoms with E-state index >= 15 is 0 Å². The molecule has 4 rings (SSSR count). The lowest BCUT2D eigenvalue weighted by Crippen LogP contribution is -2.44. The van der Waals surface area contributed by atoms with Gasteiger partial charge < -0.3 is 15.4 Å². The molecule has 24 heavy (non-hydrogen) atoms. The lowest BCUT2D eigenvalue weighted by atomic mass is 9.90. The molecule has 2 N–H and O–H groups in total. The average molecular weight is 322 g/mol. The van der Waals surface area contributed by atoms with Gasteiger partial charge in [0.25, 0.3) is 0 Å². The molecule has 2 aromatic carbocycles. The number of ether oxygens (including phenoxy) is 1. The largest absolute Gasteiger partial charge is 0.491 e. The summed E-state index contributed by atoms with van der Waals surface area (Å²) >= 11 is 0. The summed E-state index contributed by atoms with van der Waals surface area (Å²) in [5, 5.41) is 6.08. The zero-order valence-corrected chi connectivity index (χ0v) is 13.7. The molecule has 0 unspecified atom stereocenters. The predicted octanol–water partition coefficient (Wildman–Crippen LogP) is 3.69. The number of hydrogen-bond donors (Lipinski definition) is 2. The molecule has 0 aromatic heterocycles. The summed E-state index contributed by atoms with van der Waals surface area (Å²) < 4.78 is 5.74. The number of fused-ring (bicyclic) bond motifs is 2. The maximum atomic E-state index is 12.4. The van der Waals surface area contributed by atoms with Gasteiger partial charge in [-0.1, -0.05) is 30.3 Å². The van der Waals surface area contributed by atoms with E-state index in [0.29, 0.717) is 6.61 Å². The minimum absolute atomic E-state index is 0.000520. The van der Waals surface area contributed by atoms with Crippen LogP contribution in [0.5, 0.6) is 5.75 Å². The minimum atomic E-state index is -0.151. The van der Waals surface area contributed by atoms with E-state index in [9.17, 15) is 4.79 Å². The van der Waals surface area contributed by atoms with E-state index < -0.39 is 0 Å². The van der Waals surface area contributed by atoms with Crippen molar-refractivity contribution in [3.05, 3.63) is 59.2 Å². The molecule has 124 valence electrons. The Bertz CT molecular complexity index is 757. The molecule has 1 aliphatic heterocycles. The Morgan fingerprint density at radius 2 is 1.83 bits per heavy atom. The number of aryl methyl sites for hydroxylation is 1. The first kappa shape index (κ1) is 15.1. The molecule has 0 fully saturated rings. The number of amides is 2. The summed E-state index contributed by atoms with van der Waals surface area (Å²) in [6, 6.07) is 14.0. The fraction of sp³-hybridized carbons (Fsp3) is 0.350. The fourth-order valence-corrected chi connectivity index (χ4v) is 3.66. The number of carbonyl (C=O) groups excluding carboxylic acids is 1.